The highest BCUT2D eigenvalue weighted by molar-refractivity contribution is 5.93. The van der Waals surface area contributed by atoms with E-state index in [1.54, 1.807) is 0 Å². The van der Waals surface area contributed by atoms with E-state index < -0.39 is 0 Å². The lowest BCUT2D eigenvalue weighted by Gasteiger charge is -2.28. The third-order valence-electron chi connectivity index (χ3n) is 3.96. The maximum Gasteiger partial charge on any atom is 0.265 e. The van der Waals surface area contributed by atoms with Crippen LogP contribution in [0.2, 0.25) is 0 Å². The average molecular weight is 281 g/mol. The number of fused-ring (bicyclic) bond motifs is 1. The van der Waals surface area contributed by atoms with Crippen molar-refractivity contribution >= 4 is 5.91 Å². The van der Waals surface area contributed by atoms with Crippen molar-refractivity contribution in [3.05, 3.63) is 70.8 Å². The standard InChI is InChI=1S/C17H19N3O/c18-19-17(21)15-7-5-13(6-8-15)11-20-10-9-14-3-1-2-4-16(14)12-20/h1-8H,9-12,18H2,(H,19,21). The first-order valence-electron chi connectivity index (χ1n) is 7.15. The lowest BCUT2D eigenvalue weighted by atomic mass is 9.99. The van der Waals surface area contributed by atoms with Crippen LogP contribution in [-0.2, 0) is 19.5 Å². The first-order chi connectivity index (χ1) is 10.3. The molecule has 1 heterocycles. The van der Waals surface area contributed by atoms with Gasteiger partial charge in [0.2, 0.25) is 0 Å². The molecule has 4 nitrogen and oxygen atoms in total. The molecule has 108 valence electrons. The molecule has 0 spiro atoms. The van der Waals surface area contributed by atoms with Crippen LogP contribution in [0.4, 0.5) is 0 Å². The molecule has 0 saturated heterocycles. The van der Waals surface area contributed by atoms with E-state index in [2.05, 4.69) is 34.6 Å². The van der Waals surface area contributed by atoms with E-state index in [0.717, 1.165) is 26.1 Å². The Morgan fingerprint density at radius 2 is 1.81 bits per heavy atom. The van der Waals surface area contributed by atoms with Gasteiger partial charge in [0.25, 0.3) is 5.91 Å². The van der Waals surface area contributed by atoms with Crippen molar-refractivity contribution < 1.29 is 4.79 Å². The summed E-state index contributed by atoms with van der Waals surface area (Å²) in [6.45, 7) is 2.96. The second kappa shape index (κ2) is 6.08. The van der Waals surface area contributed by atoms with Crippen molar-refractivity contribution in [2.45, 2.75) is 19.5 Å². The molecule has 4 heteroatoms. The largest absolute Gasteiger partial charge is 0.294 e. The second-order valence-corrected chi connectivity index (χ2v) is 5.40. The molecule has 2 aromatic carbocycles. The number of nitrogens with one attached hydrogen (secondary N) is 1. The van der Waals surface area contributed by atoms with Crippen molar-refractivity contribution in [3.8, 4) is 0 Å². The summed E-state index contributed by atoms with van der Waals surface area (Å²) in [6, 6.07) is 16.2. The average Bonchev–Trinajstić information content (AvgIpc) is 2.55. The van der Waals surface area contributed by atoms with Crippen molar-refractivity contribution in [1.29, 1.82) is 0 Å². The van der Waals surface area contributed by atoms with E-state index in [1.807, 2.05) is 24.3 Å². The van der Waals surface area contributed by atoms with E-state index in [1.165, 1.54) is 16.7 Å². The predicted octanol–water partition coefficient (Wildman–Crippen LogP) is 1.85. The van der Waals surface area contributed by atoms with Gasteiger partial charge in [-0.05, 0) is 35.2 Å². The zero-order valence-electron chi connectivity index (χ0n) is 11.9. The summed E-state index contributed by atoms with van der Waals surface area (Å²) >= 11 is 0. The minimum atomic E-state index is -0.256. The lowest BCUT2D eigenvalue weighted by molar-refractivity contribution is 0.0953. The number of carbonyl (C=O) groups is 1. The molecule has 2 aromatic rings. The summed E-state index contributed by atoms with van der Waals surface area (Å²) in [5.41, 5.74) is 6.82. The molecule has 21 heavy (non-hydrogen) atoms. The molecule has 0 atom stereocenters. The molecule has 3 N–H and O–H groups in total. The van der Waals surface area contributed by atoms with Crippen LogP contribution < -0.4 is 11.3 Å². The van der Waals surface area contributed by atoms with Crippen molar-refractivity contribution in [2.75, 3.05) is 6.54 Å². The minimum absolute atomic E-state index is 0.256. The normalized spacial score (nSPS) is 14.5. The predicted molar refractivity (Wildman–Crippen MR) is 82.4 cm³/mol. The maximum absolute atomic E-state index is 11.4. The van der Waals surface area contributed by atoms with Crippen LogP contribution in [0.1, 0.15) is 27.0 Å². The molecule has 0 saturated carbocycles. The van der Waals surface area contributed by atoms with Gasteiger partial charge in [-0.2, -0.15) is 0 Å². The third-order valence-corrected chi connectivity index (χ3v) is 3.96. The lowest BCUT2D eigenvalue weighted by Crippen LogP contribution is -2.30. The third kappa shape index (κ3) is 3.12. The first kappa shape index (κ1) is 13.8. The molecule has 0 radical (unpaired) electrons. The van der Waals surface area contributed by atoms with Gasteiger partial charge in [-0.1, -0.05) is 36.4 Å². The number of carbonyl (C=O) groups excluding carboxylic acids is 1. The Morgan fingerprint density at radius 3 is 2.52 bits per heavy atom. The number of nitrogens with zero attached hydrogens (tertiary/aromatic N) is 1. The second-order valence-electron chi connectivity index (χ2n) is 5.40. The smallest absolute Gasteiger partial charge is 0.265 e. The monoisotopic (exact) mass is 281 g/mol. The SMILES string of the molecule is NNC(=O)c1ccc(CN2CCc3ccccc3C2)cc1. The van der Waals surface area contributed by atoms with E-state index in [9.17, 15) is 4.79 Å². The molecule has 1 aliphatic rings. The van der Waals surface area contributed by atoms with Gasteiger partial charge < -0.3 is 0 Å². The molecule has 0 unspecified atom stereocenters. The zero-order chi connectivity index (χ0) is 14.7. The molecule has 0 fully saturated rings. The molecule has 1 amide bonds. The fourth-order valence-electron chi connectivity index (χ4n) is 2.79. The molecule has 0 bridgehead atoms. The fourth-order valence-corrected chi connectivity index (χ4v) is 2.79. The summed E-state index contributed by atoms with van der Waals surface area (Å²) < 4.78 is 0. The Kier molecular flexibility index (Phi) is 3.99. The minimum Gasteiger partial charge on any atom is -0.294 e. The Balaban J connectivity index is 1.66. The van der Waals surface area contributed by atoms with Gasteiger partial charge in [0.05, 0.1) is 0 Å². The van der Waals surface area contributed by atoms with Gasteiger partial charge in [0, 0.05) is 25.2 Å². The summed E-state index contributed by atoms with van der Waals surface area (Å²) in [5.74, 6) is 4.87. The van der Waals surface area contributed by atoms with Crippen LogP contribution in [0.5, 0.6) is 0 Å². The van der Waals surface area contributed by atoms with Crippen molar-refractivity contribution in [3.63, 3.8) is 0 Å². The summed E-state index contributed by atoms with van der Waals surface area (Å²) in [4.78, 5) is 13.8. The highest BCUT2D eigenvalue weighted by Crippen LogP contribution is 2.20. The van der Waals surface area contributed by atoms with E-state index >= 15 is 0 Å². The van der Waals surface area contributed by atoms with Crippen LogP contribution in [0.3, 0.4) is 0 Å². The number of nitrogen functional groups attached to an aromatic ring is 1. The van der Waals surface area contributed by atoms with Gasteiger partial charge in [0.15, 0.2) is 0 Å². The van der Waals surface area contributed by atoms with Gasteiger partial charge in [-0.15, -0.1) is 0 Å². The first-order valence-corrected chi connectivity index (χ1v) is 7.15. The molecular weight excluding hydrogens is 262 g/mol. The van der Waals surface area contributed by atoms with Crippen molar-refractivity contribution in [1.82, 2.24) is 10.3 Å². The number of hydrogen-bond donors (Lipinski definition) is 2. The number of nitrogens with two attached hydrogens (primary N) is 1. The highest BCUT2D eigenvalue weighted by Gasteiger charge is 2.15. The van der Waals surface area contributed by atoms with Crippen LogP contribution in [0, 0.1) is 0 Å². The van der Waals surface area contributed by atoms with Gasteiger partial charge in [-0.25, -0.2) is 5.84 Å². The Hall–Kier alpha value is -2.17. The maximum atomic E-state index is 11.4. The van der Waals surface area contributed by atoms with Crippen LogP contribution in [0.25, 0.3) is 0 Å². The zero-order valence-corrected chi connectivity index (χ0v) is 11.9. The number of hydrogen-bond acceptors (Lipinski definition) is 3. The summed E-state index contributed by atoms with van der Waals surface area (Å²) in [5, 5.41) is 0. The topological polar surface area (TPSA) is 58.4 Å². The van der Waals surface area contributed by atoms with Crippen molar-refractivity contribution in [2.24, 2.45) is 5.84 Å². The summed E-state index contributed by atoms with van der Waals surface area (Å²) in [6.07, 6.45) is 1.10. The van der Waals surface area contributed by atoms with Crippen LogP contribution >= 0.6 is 0 Å². The van der Waals surface area contributed by atoms with Gasteiger partial charge in [0.1, 0.15) is 0 Å². The van der Waals surface area contributed by atoms with E-state index in [0.29, 0.717) is 5.56 Å². The molecular formula is C17H19N3O. The Bertz CT molecular complexity index is 637. The van der Waals surface area contributed by atoms with Crippen LogP contribution in [-0.4, -0.2) is 17.4 Å². The Morgan fingerprint density at radius 1 is 1.10 bits per heavy atom. The van der Waals surface area contributed by atoms with Gasteiger partial charge >= 0.3 is 0 Å². The molecule has 1 aliphatic heterocycles. The number of amides is 1. The van der Waals surface area contributed by atoms with E-state index in [4.69, 9.17) is 5.84 Å². The molecule has 3 rings (SSSR count). The summed E-state index contributed by atoms with van der Waals surface area (Å²) in [7, 11) is 0. The van der Waals surface area contributed by atoms with Gasteiger partial charge in [-0.3, -0.25) is 15.1 Å². The number of hydrazine groups is 1. The quantitative estimate of drug-likeness (QED) is 0.513. The van der Waals surface area contributed by atoms with E-state index in [-0.39, 0.29) is 5.91 Å². The fraction of sp³-hybridized carbons (Fsp3) is 0.235. The van der Waals surface area contributed by atoms with Crippen LogP contribution in [0.15, 0.2) is 48.5 Å². The number of benzene rings is 2. The Labute approximate surface area is 124 Å². The number of rotatable bonds is 3. The molecule has 0 aromatic heterocycles. The highest BCUT2D eigenvalue weighted by atomic mass is 16.2. The molecule has 0 aliphatic carbocycles.